The molecule has 0 aliphatic carbocycles. The number of hydrogen-bond donors (Lipinski definition) is 6. The minimum absolute atomic E-state index is 0. The van der Waals surface area contributed by atoms with E-state index < -0.39 is 91.4 Å². The van der Waals surface area contributed by atoms with Crippen molar-refractivity contribution in [3.8, 4) is 0 Å². The van der Waals surface area contributed by atoms with E-state index in [2.05, 4.69) is 13.2 Å². The summed E-state index contributed by atoms with van der Waals surface area (Å²) in [4.78, 5) is 41.9. The first-order valence-electron chi connectivity index (χ1n) is 7.50. The third-order valence-corrected chi connectivity index (χ3v) is 4.82. The van der Waals surface area contributed by atoms with Gasteiger partial charge in [-0.1, -0.05) is 13.2 Å². The normalized spacial score (nSPS) is 12.3. The molecule has 32 heavy (non-hydrogen) atoms. The zero-order valence-electron chi connectivity index (χ0n) is 17.2. The monoisotopic (exact) mass is 554 g/mol. The van der Waals surface area contributed by atoms with Crippen LogP contribution in [0.5, 0.6) is 0 Å². The number of rotatable bonds is 12. The molecule has 0 bridgehead atoms. The zero-order valence-corrected chi connectivity index (χ0v) is 25.0. The molecule has 0 amide bonds. The van der Waals surface area contributed by atoms with Gasteiger partial charge in [0.25, 0.3) is 20.2 Å². The fourth-order valence-corrected chi connectivity index (χ4v) is 2.79. The van der Waals surface area contributed by atoms with E-state index in [4.69, 9.17) is 29.5 Å². The molecule has 0 saturated heterocycles. The molecular formula is C14H20K2O14S2. The molecule has 14 nitrogen and oxygen atoms in total. The number of hydrogen-bond acceptors (Lipinski definition) is 8. The number of carboxylic acid groups (broad SMARTS) is 4. The smallest absolute Gasteiger partial charge is 0.331 e. The van der Waals surface area contributed by atoms with Crippen LogP contribution in [0.4, 0.5) is 0 Å². The van der Waals surface area contributed by atoms with Crippen molar-refractivity contribution in [2.24, 2.45) is 11.8 Å². The Morgan fingerprint density at radius 2 is 0.844 bits per heavy atom. The fourth-order valence-electron chi connectivity index (χ4n) is 1.73. The number of aliphatic carboxylic acids is 4. The van der Waals surface area contributed by atoms with Crippen LogP contribution in [0.15, 0.2) is 24.3 Å². The molecule has 6 N–H and O–H groups in total. The van der Waals surface area contributed by atoms with Gasteiger partial charge in [0.2, 0.25) is 0 Å². The maximum atomic E-state index is 10.6. The van der Waals surface area contributed by atoms with E-state index in [0.717, 1.165) is 0 Å². The van der Waals surface area contributed by atoms with E-state index in [1.165, 1.54) is 0 Å². The first-order valence-corrected chi connectivity index (χ1v) is 10.7. The van der Waals surface area contributed by atoms with Crippen molar-refractivity contribution < 1.29 is 65.5 Å². The topological polar surface area (TPSA) is 258 Å². The Balaban J connectivity index is -0.000000231. The maximum Gasteiger partial charge on any atom is 0.331 e. The quantitative estimate of drug-likeness (QED) is 0.0906. The second-order valence-corrected chi connectivity index (χ2v) is 8.74. The fraction of sp³-hybridized carbons (Fsp3) is 0.429. The largest absolute Gasteiger partial charge is 0.481 e. The Labute approximate surface area is 268 Å². The summed E-state index contributed by atoms with van der Waals surface area (Å²) in [6.07, 6.45) is -1.06. The summed E-state index contributed by atoms with van der Waals surface area (Å²) in [6, 6.07) is 0. The number of carbonyl (C=O) groups is 4. The van der Waals surface area contributed by atoms with Crippen molar-refractivity contribution in [2.75, 3.05) is 11.5 Å². The molecule has 0 aromatic heterocycles. The molecule has 0 aromatic rings. The van der Waals surface area contributed by atoms with E-state index in [0.29, 0.717) is 0 Å². The van der Waals surface area contributed by atoms with Crippen molar-refractivity contribution >= 4 is 147 Å². The molecule has 0 aromatic carbocycles. The molecule has 174 valence electrons. The predicted molar refractivity (Wildman–Crippen MR) is 109 cm³/mol. The van der Waals surface area contributed by atoms with Crippen LogP contribution in [0.2, 0.25) is 0 Å². The van der Waals surface area contributed by atoms with E-state index in [-0.39, 0.29) is 103 Å². The van der Waals surface area contributed by atoms with Crippen LogP contribution in [0.1, 0.15) is 12.8 Å². The summed E-state index contributed by atoms with van der Waals surface area (Å²) in [5.74, 6) is -10.7. The van der Waals surface area contributed by atoms with Gasteiger partial charge in [-0.3, -0.25) is 18.7 Å². The summed E-state index contributed by atoms with van der Waals surface area (Å²) >= 11 is 0. The van der Waals surface area contributed by atoms with Gasteiger partial charge in [-0.25, -0.2) is 9.59 Å². The molecule has 18 heteroatoms. The van der Waals surface area contributed by atoms with Crippen molar-refractivity contribution in [3.05, 3.63) is 24.3 Å². The summed E-state index contributed by atoms with van der Waals surface area (Å²) in [7, 11) is -8.62. The molecule has 2 unspecified atom stereocenters. The van der Waals surface area contributed by atoms with Gasteiger partial charge in [-0.05, 0) is 12.8 Å². The van der Waals surface area contributed by atoms with Crippen molar-refractivity contribution in [1.82, 2.24) is 0 Å². The van der Waals surface area contributed by atoms with Gasteiger partial charge in [0.1, 0.15) is 0 Å². The van der Waals surface area contributed by atoms with Crippen LogP contribution in [-0.2, 0) is 39.4 Å². The Morgan fingerprint density at radius 3 is 0.969 bits per heavy atom. The standard InChI is InChI=1S/2C7H10O7S.2K/c2*1-4(6(8)9)5(7(10)11)2-3-15(12,13)14;;/h2*5H,1-3H2,(H,8,9)(H,10,11)(H,12,13,14);;. The van der Waals surface area contributed by atoms with Crippen LogP contribution in [0.25, 0.3) is 0 Å². The molecule has 0 aliphatic rings. The molecular weight excluding hydrogens is 534 g/mol. The molecule has 2 radical (unpaired) electrons. The van der Waals surface area contributed by atoms with Gasteiger partial charge < -0.3 is 20.4 Å². The average molecular weight is 555 g/mol. The van der Waals surface area contributed by atoms with E-state index in [9.17, 15) is 36.0 Å². The van der Waals surface area contributed by atoms with Crippen LogP contribution in [0.3, 0.4) is 0 Å². The van der Waals surface area contributed by atoms with Gasteiger partial charge in [0.05, 0.1) is 23.3 Å². The van der Waals surface area contributed by atoms with Crippen molar-refractivity contribution in [3.63, 3.8) is 0 Å². The van der Waals surface area contributed by atoms with Gasteiger partial charge in [0.15, 0.2) is 0 Å². The van der Waals surface area contributed by atoms with Crippen LogP contribution in [-0.4, -0.2) is 185 Å². The number of carboxylic acids is 4. The third kappa shape index (κ3) is 19.9. The Hall–Kier alpha value is 0.453. The molecule has 0 aliphatic heterocycles. The van der Waals surface area contributed by atoms with Crippen molar-refractivity contribution in [2.45, 2.75) is 12.8 Å². The Kier molecular flexibility index (Phi) is 22.1. The van der Waals surface area contributed by atoms with Gasteiger partial charge in [-0.15, -0.1) is 0 Å². The summed E-state index contributed by atoms with van der Waals surface area (Å²) < 4.78 is 58.1. The van der Waals surface area contributed by atoms with Crippen LogP contribution in [0, 0.1) is 11.8 Å². The van der Waals surface area contributed by atoms with E-state index >= 15 is 0 Å². The Bertz CT molecular complexity index is 847. The molecule has 0 saturated carbocycles. The summed E-state index contributed by atoms with van der Waals surface area (Å²) in [5.41, 5.74) is -1.24. The second-order valence-electron chi connectivity index (χ2n) is 5.59. The molecule has 0 rings (SSSR count). The van der Waals surface area contributed by atoms with Crippen molar-refractivity contribution in [1.29, 1.82) is 0 Å². The van der Waals surface area contributed by atoms with Crippen LogP contribution >= 0.6 is 0 Å². The summed E-state index contributed by atoms with van der Waals surface area (Å²) in [5, 5.41) is 34.1. The molecule has 0 fully saturated rings. The third-order valence-electron chi connectivity index (χ3n) is 3.32. The Morgan fingerprint density at radius 1 is 0.625 bits per heavy atom. The average Bonchev–Trinajstić information content (AvgIpc) is 2.52. The maximum absolute atomic E-state index is 10.6. The van der Waals surface area contributed by atoms with E-state index in [1.54, 1.807) is 0 Å². The van der Waals surface area contributed by atoms with Gasteiger partial charge in [0, 0.05) is 114 Å². The second kappa shape index (κ2) is 17.8. The zero-order chi connectivity index (χ0) is 24.4. The summed E-state index contributed by atoms with van der Waals surface area (Å²) in [6.45, 7) is 6.04. The first kappa shape index (κ1) is 39.7. The first-order chi connectivity index (χ1) is 13.3. The SMILES string of the molecule is C=C(C(=O)O)C(CCS(=O)(=O)O)C(=O)O.C=C(C(=O)O)C(CCS(=O)(=O)O)C(=O)O.[K].[K]. The molecule has 2 atom stereocenters. The predicted octanol–water partition coefficient (Wildman–Crippen LogP) is -1.55. The van der Waals surface area contributed by atoms with Crippen LogP contribution < -0.4 is 0 Å². The molecule has 0 heterocycles. The van der Waals surface area contributed by atoms with E-state index in [1.807, 2.05) is 0 Å². The molecule has 0 spiro atoms. The minimum atomic E-state index is -4.31. The van der Waals surface area contributed by atoms with Gasteiger partial charge in [-0.2, -0.15) is 16.8 Å². The van der Waals surface area contributed by atoms with Gasteiger partial charge >= 0.3 is 23.9 Å². The minimum Gasteiger partial charge on any atom is -0.481 e.